The van der Waals surface area contributed by atoms with Crippen LogP contribution >= 0.6 is 12.4 Å². The van der Waals surface area contributed by atoms with E-state index in [4.69, 9.17) is 4.74 Å². The van der Waals surface area contributed by atoms with Crippen LogP contribution < -0.4 is 5.32 Å². The lowest BCUT2D eigenvalue weighted by atomic mass is 9.91. The fourth-order valence-corrected chi connectivity index (χ4v) is 1.58. The number of halogens is 1. The van der Waals surface area contributed by atoms with Gasteiger partial charge in [-0.3, -0.25) is 0 Å². The third kappa shape index (κ3) is 1.04. The van der Waals surface area contributed by atoms with Gasteiger partial charge < -0.3 is 10.1 Å². The maximum atomic E-state index is 5.44. The van der Waals surface area contributed by atoms with Crippen LogP contribution in [0.2, 0.25) is 0 Å². The molecule has 0 spiro atoms. The molecule has 2 aliphatic rings. The first-order chi connectivity index (χ1) is 4.37. The number of methoxy groups -OCH3 is 1. The van der Waals surface area contributed by atoms with Gasteiger partial charge >= 0.3 is 0 Å². The van der Waals surface area contributed by atoms with Gasteiger partial charge in [-0.15, -0.1) is 12.4 Å². The summed E-state index contributed by atoms with van der Waals surface area (Å²) in [5.74, 6) is 0.878. The Bertz CT molecular complexity index is 115. The van der Waals surface area contributed by atoms with E-state index >= 15 is 0 Å². The summed E-state index contributed by atoms with van der Waals surface area (Å²) < 4.78 is 5.44. The number of nitrogens with one attached hydrogen (secondary N) is 1. The Morgan fingerprint density at radius 2 is 2.00 bits per heavy atom. The lowest BCUT2D eigenvalue weighted by molar-refractivity contribution is -0.0683. The highest BCUT2D eigenvalue weighted by molar-refractivity contribution is 5.85. The first-order valence-corrected chi connectivity index (χ1v) is 3.63. The van der Waals surface area contributed by atoms with Crippen molar-refractivity contribution in [2.24, 2.45) is 5.92 Å². The average Bonchev–Trinajstić information content (AvgIpc) is 2.47. The molecule has 1 saturated heterocycles. The monoisotopic (exact) mass is 163 g/mol. The highest BCUT2D eigenvalue weighted by Crippen LogP contribution is 2.43. The van der Waals surface area contributed by atoms with Gasteiger partial charge in [-0.25, -0.2) is 0 Å². The molecule has 1 heterocycles. The van der Waals surface area contributed by atoms with Crippen LogP contribution in [0.1, 0.15) is 12.8 Å². The third-order valence-corrected chi connectivity index (χ3v) is 2.58. The van der Waals surface area contributed by atoms with E-state index in [-0.39, 0.29) is 18.0 Å². The Hall–Kier alpha value is 0.210. The molecule has 3 heteroatoms. The van der Waals surface area contributed by atoms with E-state index in [9.17, 15) is 0 Å². The van der Waals surface area contributed by atoms with Gasteiger partial charge in [0.25, 0.3) is 0 Å². The van der Waals surface area contributed by atoms with Crippen molar-refractivity contribution < 1.29 is 4.74 Å². The van der Waals surface area contributed by atoms with Crippen LogP contribution in [-0.4, -0.2) is 25.8 Å². The summed E-state index contributed by atoms with van der Waals surface area (Å²) in [5, 5.41) is 3.25. The van der Waals surface area contributed by atoms with Crippen molar-refractivity contribution in [2.75, 3.05) is 20.2 Å². The van der Waals surface area contributed by atoms with Crippen LogP contribution in [0, 0.1) is 5.92 Å². The SMILES string of the molecule is COC1(C2CC2)CNC1.Cl. The number of ether oxygens (including phenoxy) is 1. The third-order valence-electron chi connectivity index (χ3n) is 2.58. The Morgan fingerprint density at radius 3 is 2.10 bits per heavy atom. The number of hydrogen-bond acceptors (Lipinski definition) is 2. The molecule has 2 fully saturated rings. The van der Waals surface area contributed by atoms with E-state index < -0.39 is 0 Å². The lowest BCUT2D eigenvalue weighted by Crippen LogP contribution is -2.62. The molecule has 2 rings (SSSR count). The molecule has 1 aliphatic heterocycles. The summed E-state index contributed by atoms with van der Waals surface area (Å²) in [6, 6.07) is 0. The molecule has 0 bridgehead atoms. The summed E-state index contributed by atoms with van der Waals surface area (Å²) in [5.41, 5.74) is 0.264. The number of hydrogen-bond donors (Lipinski definition) is 1. The summed E-state index contributed by atoms with van der Waals surface area (Å²) in [6.45, 7) is 2.16. The topological polar surface area (TPSA) is 21.3 Å². The summed E-state index contributed by atoms with van der Waals surface area (Å²) >= 11 is 0. The summed E-state index contributed by atoms with van der Waals surface area (Å²) in [6.07, 6.45) is 2.77. The Balaban J connectivity index is 0.000000500. The van der Waals surface area contributed by atoms with Gasteiger partial charge in [-0.1, -0.05) is 0 Å². The molecule has 0 atom stereocenters. The highest BCUT2D eigenvalue weighted by Gasteiger charge is 2.49. The van der Waals surface area contributed by atoms with Gasteiger partial charge in [0.15, 0.2) is 0 Å². The first-order valence-electron chi connectivity index (χ1n) is 3.63. The van der Waals surface area contributed by atoms with Crippen molar-refractivity contribution in [1.82, 2.24) is 5.32 Å². The largest absolute Gasteiger partial charge is 0.375 e. The van der Waals surface area contributed by atoms with Crippen LogP contribution in [0.15, 0.2) is 0 Å². The molecule has 1 saturated carbocycles. The Labute approximate surface area is 67.7 Å². The van der Waals surface area contributed by atoms with Gasteiger partial charge in [-0.05, 0) is 18.8 Å². The second-order valence-electron chi connectivity index (χ2n) is 3.15. The molecule has 60 valence electrons. The van der Waals surface area contributed by atoms with Crippen molar-refractivity contribution in [3.8, 4) is 0 Å². The van der Waals surface area contributed by atoms with Crippen LogP contribution in [-0.2, 0) is 4.74 Å². The molecule has 1 aliphatic carbocycles. The van der Waals surface area contributed by atoms with Crippen LogP contribution in [0.5, 0.6) is 0 Å². The van der Waals surface area contributed by atoms with Gasteiger partial charge in [0.1, 0.15) is 0 Å². The maximum Gasteiger partial charge on any atom is 0.0953 e. The zero-order chi connectivity index (χ0) is 6.32. The first kappa shape index (κ1) is 8.31. The zero-order valence-electron chi connectivity index (χ0n) is 6.22. The van der Waals surface area contributed by atoms with Crippen molar-refractivity contribution in [3.63, 3.8) is 0 Å². The van der Waals surface area contributed by atoms with Crippen LogP contribution in [0.25, 0.3) is 0 Å². The molecular formula is C7H14ClNO. The fraction of sp³-hybridized carbons (Fsp3) is 1.00. The van der Waals surface area contributed by atoms with Crippen molar-refractivity contribution >= 4 is 12.4 Å². The molecule has 2 nitrogen and oxygen atoms in total. The second-order valence-corrected chi connectivity index (χ2v) is 3.15. The van der Waals surface area contributed by atoms with E-state index in [1.165, 1.54) is 12.8 Å². The fourth-order valence-electron chi connectivity index (χ4n) is 1.58. The molecule has 0 aromatic carbocycles. The zero-order valence-corrected chi connectivity index (χ0v) is 7.04. The predicted molar refractivity (Wildman–Crippen MR) is 42.6 cm³/mol. The summed E-state index contributed by atoms with van der Waals surface area (Å²) in [4.78, 5) is 0. The van der Waals surface area contributed by atoms with Gasteiger partial charge in [-0.2, -0.15) is 0 Å². The predicted octanol–water partition coefficient (Wildman–Crippen LogP) is 0.807. The second kappa shape index (κ2) is 2.68. The minimum Gasteiger partial charge on any atom is -0.375 e. The minimum atomic E-state index is 0. The van der Waals surface area contributed by atoms with Crippen molar-refractivity contribution in [1.29, 1.82) is 0 Å². The van der Waals surface area contributed by atoms with E-state index in [2.05, 4.69) is 5.32 Å². The average molecular weight is 164 g/mol. The number of rotatable bonds is 2. The Kier molecular flexibility index (Phi) is 2.23. The summed E-state index contributed by atoms with van der Waals surface area (Å²) in [7, 11) is 1.83. The van der Waals surface area contributed by atoms with Gasteiger partial charge in [0.05, 0.1) is 5.60 Å². The molecule has 10 heavy (non-hydrogen) atoms. The minimum absolute atomic E-state index is 0. The molecule has 0 aromatic heterocycles. The standard InChI is InChI=1S/C7H13NO.ClH/c1-9-7(4-8-5-7)6-2-3-6;/h6,8H,2-5H2,1H3;1H. The van der Waals surface area contributed by atoms with Gasteiger partial charge in [0, 0.05) is 20.2 Å². The van der Waals surface area contributed by atoms with E-state index in [0.717, 1.165) is 19.0 Å². The molecule has 0 radical (unpaired) electrons. The van der Waals surface area contributed by atoms with Crippen LogP contribution in [0.4, 0.5) is 0 Å². The van der Waals surface area contributed by atoms with Crippen molar-refractivity contribution in [2.45, 2.75) is 18.4 Å². The smallest absolute Gasteiger partial charge is 0.0953 e. The molecule has 0 aromatic rings. The van der Waals surface area contributed by atoms with E-state index in [1.807, 2.05) is 7.11 Å². The normalized spacial score (nSPS) is 28.5. The van der Waals surface area contributed by atoms with E-state index in [0.29, 0.717) is 0 Å². The highest BCUT2D eigenvalue weighted by atomic mass is 35.5. The molecule has 0 amide bonds. The molecular weight excluding hydrogens is 150 g/mol. The quantitative estimate of drug-likeness (QED) is 0.651. The van der Waals surface area contributed by atoms with Crippen LogP contribution in [0.3, 0.4) is 0 Å². The molecule has 1 N–H and O–H groups in total. The van der Waals surface area contributed by atoms with Crippen molar-refractivity contribution in [3.05, 3.63) is 0 Å². The Morgan fingerprint density at radius 1 is 1.40 bits per heavy atom. The lowest BCUT2D eigenvalue weighted by Gasteiger charge is -2.41. The van der Waals surface area contributed by atoms with E-state index in [1.54, 1.807) is 0 Å². The molecule has 0 unspecified atom stereocenters. The maximum absolute atomic E-state index is 5.44. The van der Waals surface area contributed by atoms with Gasteiger partial charge in [0.2, 0.25) is 0 Å².